The van der Waals surface area contributed by atoms with Crippen molar-refractivity contribution in [3.05, 3.63) is 35.9 Å². The molecule has 0 aliphatic carbocycles. The number of hydrogen-bond donors (Lipinski definition) is 1. The van der Waals surface area contributed by atoms with Gasteiger partial charge in [0.2, 0.25) is 5.91 Å². The highest BCUT2D eigenvalue weighted by molar-refractivity contribution is 5.77. The van der Waals surface area contributed by atoms with Crippen molar-refractivity contribution in [1.29, 1.82) is 0 Å². The fourth-order valence-electron chi connectivity index (χ4n) is 1.71. The van der Waals surface area contributed by atoms with Gasteiger partial charge in [0.1, 0.15) is 6.61 Å². The molecule has 94 valence electrons. The standard InChI is InChI=1S/C14H21NO2/c1-3-12(13-8-6-5-7-9-13)10-15-14(16)11-17-4-2/h5-9,12H,3-4,10-11H2,1-2H3,(H,15,16). The Morgan fingerprint density at radius 1 is 1.29 bits per heavy atom. The van der Waals surface area contributed by atoms with E-state index in [2.05, 4.69) is 24.4 Å². The highest BCUT2D eigenvalue weighted by Gasteiger charge is 2.10. The minimum Gasteiger partial charge on any atom is -0.372 e. The monoisotopic (exact) mass is 235 g/mol. The minimum absolute atomic E-state index is 0.0405. The normalized spacial score (nSPS) is 12.1. The van der Waals surface area contributed by atoms with E-state index in [0.29, 0.717) is 19.1 Å². The summed E-state index contributed by atoms with van der Waals surface area (Å²) in [6.07, 6.45) is 1.01. The van der Waals surface area contributed by atoms with Crippen LogP contribution < -0.4 is 5.32 Å². The van der Waals surface area contributed by atoms with Crippen LogP contribution in [0.4, 0.5) is 0 Å². The highest BCUT2D eigenvalue weighted by Crippen LogP contribution is 2.17. The maximum absolute atomic E-state index is 11.4. The van der Waals surface area contributed by atoms with Crippen LogP contribution >= 0.6 is 0 Å². The quantitative estimate of drug-likeness (QED) is 0.787. The predicted molar refractivity (Wildman–Crippen MR) is 69.0 cm³/mol. The molecule has 3 nitrogen and oxygen atoms in total. The Kier molecular flexibility index (Phi) is 6.33. The summed E-state index contributed by atoms with van der Waals surface area (Å²) in [6.45, 7) is 5.41. The van der Waals surface area contributed by atoms with Crippen molar-refractivity contribution in [2.45, 2.75) is 26.2 Å². The Bertz CT molecular complexity index is 324. The lowest BCUT2D eigenvalue weighted by Gasteiger charge is -2.16. The molecule has 0 aliphatic rings. The topological polar surface area (TPSA) is 38.3 Å². The van der Waals surface area contributed by atoms with Crippen molar-refractivity contribution in [2.75, 3.05) is 19.8 Å². The third kappa shape index (κ3) is 5.00. The summed E-state index contributed by atoms with van der Waals surface area (Å²) >= 11 is 0. The summed E-state index contributed by atoms with van der Waals surface area (Å²) in [5, 5.41) is 2.90. The molecular formula is C14H21NO2. The van der Waals surface area contributed by atoms with Crippen molar-refractivity contribution in [2.24, 2.45) is 0 Å². The molecule has 1 aromatic carbocycles. The molecular weight excluding hydrogens is 214 g/mol. The smallest absolute Gasteiger partial charge is 0.246 e. The lowest BCUT2D eigenvalue weighted by molar-refractivity contribution is -0.125. The molecule has 0 heterocycles. The first-order valence-corrected chi connectivity index (χ1v) is 6.17. The van der Waals surface area contributed by atoms with Gasteiger partial charge < -0.3 is 10.1 Å². The van der Waals surface area contributed by atoms with Crippen LogP contribution in [-0.4, -0.2) is 25.7 Å². The van der Waals surface area contributed by atoms with E-state index in [1.165, 1.54) is 5.56 Å². The van der Waals surface area contributed by atoms with Crippen LogP contribution in [0.5, 0.6) is 0 Å². The van der Waals surface area contributed by atoms with E-state index in [1.54, 1.807) is 0 Å². The number of ether oxygens (including phenoxy) is 1. The number of carbonyl (C=O) groups excluding carboxylic acids is 1. The van der Waals surface area contributed by atoms with E-state index in [4.69, 9.17) is 4.74 Å². The zero-order valence-electron chi connectivity index (χ0n) is 10.6. The van der Waals surface area contributed by atoms with Crippen LogP contribution in [0, 0.1) is 0 Å². The molecule has 1 amide bonds. The largest absolute Gasteiger partial charge is 0.372 e. The van der Waals surface area contributed by atoms with Crippen LogP contribution in [0.25, 0.3) is 0 Å². The van der Waals surface area contributed by atoms with Crippen molar-refractivity contribution in [3.8, 4) is 0 Å². The molecule has 0 bridgehead atoms. The van der Waals surface area contributed by atoms with Gasteiger partial charge >= 0.3 is 0 Å². The molecule has 0 fully saturated rings. The average Bonchev–Trinajstić information content (AvgIpc) is 2.38. The lowest BCUT2D eigenvalue weighted by atomic mass is 9.96. The molecule has 0 radical (unpaired) electrons. The molecule has 17 heavy (non-hydrogen) atoms. The van der Waals surface area contributed by atoms with Crippen molar-refractivity contribution in [3.63, 3.8) is 0 Å². The molecule has 1 unspecified atom stereocenters. The third-order valence-electron chi connectivity index (χ3n) is 2.75. The van der Waals surface area contributed by atoms with Gasteiger partial charge in [-0.25, -0.2) is 0 Å². The van der Waals surface area contributed by atoms with Crippen molar-refractivity contribution >= 4 is 5.91 Å². The molecule has 0 saturated carbocycles. The molecule has 0 spiro atoms. The van der Waals surface area contributed by atoms with Gasteiger partial charge in [0.05, 0.1) is 0 Å². The number of nitrogens with one attached hydrogen (secondary N) is 1. The zero-order valence-corrected chi connectivity index (χ0v) is 10.6. The number of amides is 1. The van der Waals surface area contributed by atoms with Gasteiger partial charge in [-0.3, -0.25) is 4.79 Å². The van der Waals surface area contributed by atoms with E-state index < -0.39 is 0 Å². The van der Waals surface area contributed by atoms with Gasteiger partial charge in [0, 0.05) is 19.1 Å². The Labute approximate surface area is 103 Å². The van der Waals surface area contributed by atoms with Gasteiger partial charge in [-0.05, 0) is 18.9 Å². The predicted octanol–water partition coefficient (Wildman–Crippen LogP) is 2.33. The van der Waals surface area contributed by atoms with E-state index in [1.807, 2.05) is 25.1 Å². The fourth-order valence-corrected chi connectivity index (χ4v) is 1.71. The van der Waals surface area contributed by atoms with Gasteiger partial charge in [-0.2, -0.15) is 0 Å². The summed E-state index contributed by atoms with van der Waals surface area (Å²) in [6, 6.07) is 10.3. The second-order valence-electron chi connectivity index (χ2n) is 3.96. The van der Waals surface area contributed by atoms with Gasteiger partial charge in [-0.1, -0.05) is 37.3 Å². The SMILES string of the molecule is CCOCC(=O)NCC(CC)c1ccccc1. The molecule has 1 atom stereocenters. The second kappa shape index (κ2) is 7.85. The van der Waals surface area contributed by atoms with Crippen LogP contribution in [0.3, 0.4) is 0 Å². The Morgan fingerprint density at radius 2 is 2.00 bits per heavy atom. The number of carbonyl (C=O) groups is 1. The molecule has 0 aromatic heterocycles. The molecule has 1 rings (SSSR count). The first kappa shape index (κ1) is 13.7. The highest BCUT2D eigenvalue weighted by atomic mass is 16.5. The van der Waals surface area contributed by atoms with E-state index >= 15 is 0 Å². The molecule has 1 aromatic rings. The van der Waals surface area contributed by atoms with Crippen molar-refractivity contribution < 1.29 is 9.53 Å². The van der Waals surface area contributed by atoms with Gasteiger partial charge in [-0.15, -0.1) is 0 Å². The summed E-state index contributed by atoms with van der Waals surface area (Å²) in [5.41, 5.74) is 1.27. The molecule has 0 aliphatic heterocycles. The molecule has 0 saturated heterocycles. The summed E-state index contributed by atoms with van der Waals surface area (Å²) in [7, 11) is 0. The number of benzene rings is 1. The fraction of sp³-hybridized carbons (Fsp3) is 0.500. The van der Waals surface area contributed by atoms with E-state index in [-0.39, 0.29) is 12.5 Å². The Hall–Kier alpha value is -1.35. The van der Waals surface area contributed by atoms with Crippen LogP contribution in [0.1, 0.15) is 31.7 Å². The summed E-state index contributed by atoms with van der Waals surface area (Å²) in [4.78, 5) is 11.4. The third-order valence-corrected chi connectivity index (χ3v) is 2.75. The van der Waals surface area contributed by atoms with E-state index in [0.717, 1.165) is 6.42 Å². The van der Waals surface area contributed by atoms with Crippen LogP contribution in [0.15, 0.2) is 30.3 Å². The summed E-state index contributed by atoms with van der Waals surface area (Å²) < 4.78 is 5.05. The van der Waals surface area contributed by atoms with Crippen LogP contribution in [0.2, 0.25) is 0 Å². The Morgan fingerprint density at radius 3 is 2.59 bits per heavy atom. The number of hydrogen-bond acceptors (Lipinski definition) is 2. The van der Waals surface area contributed by atoms with Crippen molar-refractivity contribution in [1.82, 2.24) is 5.32 Å². The maximum Gasteiger partial charge on any atom is 0.246 e. The Balaban J connectivity index is 2.40. The average molecular weight is 235 g/mol. The number of rotatable bonds is 7. The zero-order chi connectivity index (χ0) is 12.5. The maximum atomic E-state index is 11.4. The first-order chi connectivity index (χ1) is 8.27. The first-order valence-electron chi connectivity index (χ1n) is 6.17. The minimum atomic E-state index is -0.0405. The molecule has 1 N–H and O–H groups in total. The molecule has 3 heteroatoms. The second-order valence-corrected chi connectivity index (χ2v) is 3.96. The van der Waals surface area contributed by atoms with Gasteiger partial charge in [0.25, 0.3) is 0 Å². The van der Waals surface area contributed by atoms with Gasteiger partial charge in [0.15, 0.2) is 0 Å². The summed E-state index contributed by atoms with van der Waals surface area (Å²) in [5.74, 6) is 0.336. The lowest BCUT2D eigenvalue weighted by Crippen LogP contribution is -2.31. The van der Waals surface area contributed by atoms with Crippen LogP contribution in [-0.2, 0) is 9.53 Å². The van der Waals surface area contributed by atoms with E-state index in [9.17, 15) is 4.79 Å².